The smallest absolute Gasteiger partial charge is 0.334 e. The van der Waals surface area contributed by atoms with Gasteiger partial charge in [-0.2, -0.15) is 0 Å². The van der Waals surface area contributed by atoms with E-state index in [0.29, 0.717) is 28.5 Å². The van der Waals surface area contributed by atoms with Gasteiger partial charge in [0.2, 0.25) is 0 Å². The van der Waals surface area contributed by atoms with Crippen molar-refractivity contribution >= 4 is 23.5 Å². The van der Waals surface area contributed by atoms with E-state index in [1.165, 1.54) is 0 Å². The number of carboxylic acid groups (broad SMARTS) is 2. The highest BCUT2D eigenvalue weighted by Gasteiger charge is 2.40. The Bertz CT molecular complexity index is 1240. The molecule has 0 saturated carbocycles. The molecular weight excluding hydrogens is 462 g/mol. The summed E-state index contributed by atoms with van der Waals surface area (Å²) < 4.78 is 0. The van der Waals surface area contributed by atoms with Gasteiger partial charge in [0.25, 0.3) is 0 Å². The van der Waals surface area contributed by atoms with E-state index in [-0.39, 0.29) is 17.1 Å². The SMILES string of the molecule is CC1=C(C(=O)O)C(c2cccc(Cl)c2)C(C(=O)O)=C(C)N1CC(c1ccccc1)c1ccccc1. The van der Waals surface area contributed by atoms with E-state index in [1.54, 1.807) is 38.1 Å². The van der Waals surface area contributed by atoms with Crippen LogP contribution in [0.15, 0.2) is 107 Å². The van der Waals surface area contributed by atoms with Crippen molar-refractivity contribution in [1.29, 1.82) is 0 Å². The maximum absolute atomic E-state index is 12.5. The Kier molecular flexibility index (Phi) is 7.08. The van der Waals surface area contributed by atoms with Crippen LogP contribution in [0, 0.1) is 0 Å². The van der Waals surface area contributed by atoms with Crippen molar-refractivity contribution in [2.24, 2.45) is 0 Å². The molecule has 0 unspecified atom stereocenters. The first-order valence-corrected chi connectivity index (χ1v) is 11.7. The maximum Gasteiger partial charge on any atom is 0.334 e. The Hall–Kier alpha value is -3.83. The fourth-order valence-corrected chi connectivity index (χ4v) is 5.11. The zero-order valence-electron chi connectivity index (χ0n) is 19.5. The summed E-state index contributed by atoms with van der Waals surface area (Å²) in [6.07, 6.45) is 0. The fourth-order valence-electron chi connectivity index (χ4n) is 4.91. The van der Waals surface area contributed by atoms with E-state index in [9.17, 15) is 19.8 Å². The molecule has 0 bridgehead atoms. The van der Waals surface area contributed by atoms with Gasteiger partial charge in [-0.05, 0) is 42.7 Å². The summed E-state index contributed by atoms with van der Waals surface area (Å²) in [5, 5.41) is 20.9. The third-order valence-corrected chi connectivity index (χ3v) is 6.81. The van der Waals surface area contributed by atoms with Crippen molar-refractivity contribution < 1.29 is 19.8 Å². The molecule has 4 rings (SSSR count). The maximum atomic E-state index is 12.5. The number of halogens is 1. The van der Waals surface area contributed by atoms with Gasteiger partial charge in [0.05, 0.1) is 17.1 Å². The fraction of sp³-hybridized carbons (Fsp3) is 0.172. The van der Waals surface area contributed by atoms with Crippen molar-refractivity contribution in [2.75, 3.05) is 6.54 Å². The van der Waals surface area contributed by atoms with Gasteiger partial charge in [0.1, 0.15) is 0 Å². The van der Waals surface area contributed by atoms with Crippen LogP contribution < -0.4 is 0 Å². The van der Waals surface area contributed by atoms with Crippen molar-refractivity contribution in [1.82, 2.24) is 4.90 Å². The van der Waals surface area contributed by atoms with E-state index in [2.05, 4.69) is 0 Å². The minimum absolute atomic E-state index is 0.0372. The minimum atomic E-state index is -1.15. The molecule has 178 valence electrons. The summed E-state index contributed by atoms with van der Waals surface area (Å²) in [5.74, 6) is -3.35. The number of carbonyl (C=O) groups is 2. The predicted octanol–water partition coefficient (Wildman–Crippen LogP) is 6.29. The summed E-state index contributed by atoms with van der Waals surface area (Å²) in [6.45, 7) is 3.88. The lowest BCUT2D eigenvalue weighted by Gasteiger charge is -2.39. The van der Waals surface area contributed by atoms with Gasteiger partial charge in [-0.15, -0.1) is 0 Å². The second-order valence-corrected chi connectivity index (χ2v) is 9.02. The van der Waals surface area contributed by atoms with E-state index in [4.69, 9.17) is 11.6 Å². The lowest BCUT2D eigenvalue weighted by atomic mass is 9.79. The van der Waals surface area contributed by atoms with E-state index >= 15 is 0 Å². The molecule has 0 aliphatic carbocycles. The molecule has 0 atom stereocenters. The molecule has 6 heteroatoms. The van der Waals surface area contributed by atoms with Crippen LogP contribution in [-0.4, -0.2) is 33.6 Å². The largest absolute Gasteiger partial charge is 0.478 e. The number of hydrogen-bond donors (Lipinski definition) is 2. The number of hydrogen-bond acceptors (Lipinski definition) is 3. The highest BCUT2D eigenvalue weighted by molar-refractivity contribution is 6.30. The quantitative estimate of drug-likeness (QED) is 0.409. The Morgan fingerprint density at radius 2 is 1.29 bits per heavy atom. The van der Waals surface area contributed by atoms with Gasteiger partial charge in [0.15, 0.2) is 0 Å². The average molecular weight is 488 g/mol. The number of nitrogens with zero attached hydrogens (tertiary/aromatic N) is 1. The molecular formula is C29H26ClNO4. The molecule has 0 fully saturated rings. The first kappa shape index (κ1) is 24.3. The van der Waals surface area contributed by atoms with Gasteiger partial charge in [-0.1, -0.05) is 84.4 Å². The van der Waals surface area contributed by atoms with Crippen LogP contribution >= 0.6 is 11.6 Å². The lowest BCUT2D eigenvalue weighted by Crippen LogP contribution is -2.36. The molecule has 2 N–H and O–H groups in total. The van der Waals surface area contributed by atoms with Gasteiger partial charge in [0, 0.05) is 28.9 Å². The summed E-state index contributed by atoms with van der Waals surface area (Å²) in [4.78, 5) is 26.9. The van der Waals surface area contributed by atoms with Crippen LogP contribution in [0.5, 0.6) is 0 Å². The van der Waals surface area contributed by atoms with Crippen molar-refractivity contribution in [3.05, 3.63) is 129 Å². The molecule has 1 heterocycles. The van der Waals surface area contributed by atoms with Crippen LogP contribution in [-0.2, 0) is 9.59 Å². The van der Waals surface area contributed by atoms with Crippen molar-refractivity contribution in [2.45, 2.75) is 25.7 Å². The number of benzene rings is 3. The summed E-state index contributed by atoms with van der Waals surface area (Å²) in [5.41, 5.74) is 3.76. The Balaban J connectivity index is 1.88. The van der Waals surface area contributed by atoms with Gasteiger partial charge >= 0.3 is 11.9 Å². The molecule has 5 nitrogen and oxygen atoms in total. The van der Waals surface area contributed by atoms with Gasteiger partial charge < -0.3 is 15.1 Å². The van der Waals surface area contributed by atoms with E-state index in [1.807, 2.05) is 65.6 Å². The van der Waals surface area contributed by atoms with Crippen molar-refractivity contribution in [3.8, 4) is 0 Å². The molecule has 0 radical (unpaired) electrons. The monoisotopic (exact) mass is 487 g/mol. The van der Waals surface area contributed by atoms with E-state index < -0.39 is 17.9 Å². The number of carboxylic acids is 2. The summed E-state index contributed by atoms with van der Waals surface area (Å²) >= 11 is 6.19. The minimum Gasteiger partial charge on any atom is -0.478 e. The molecule has 0 saturated heterocycles. The number of allylic oxidation sites excluding steroid dienone is 2. The van der Waals surface area contributed by atoms with Crippen molar-refractivity contribution in [3.63, 3.8) is 0 Å². The summed E-state index contributed by atoms with van der Waals surface area (Å²) in [6, 6.07) is 26.6. The van der Waals surface area contributed by atoms with Crippen LogP contribution in [0.4, 0.5) is 0 Å². The van der Waals surface area contributed by atoms with Crippen LogP contribution in [0.2, 0.25) is 5.02 Å². The molecule has 1 aliphatic rings. The zero-order chi connectivity index (χ0) is 25.1. The molecule has 1 aliphatic heterocycles. The normalized spacial score (nSPS) is 14.6. The molecule has 3 aromatic carbocycles. The standard InChI is InChI=1S/C29H26ClNO4/c1-18-25(28(32)33)27(22-14-9-15-23(30)16-22)26(29(34)35)19(2)31(18)17-24(20-10-5-3-6-11-20)21-12-7-4-8-13-21/h3-16,24,27H,17H2,1-2H3,(H,32,33)(H,34,35). The first-order chi connectivity index (χ1) is 16.8. The van der Waals surface area contributed by atoms with Crippen LogP contribution in [0.1, 0.15) is 42.4 Å². The first-order valence-electron chi connectivity index (χ1n) is 11.3. The lowest BCUT2D eigenvalue weighted by molar-refractivity contribution is -0.133. The van der Waals surface area contributed by atoms with Gasteiger partial charge in [-0.3, -0.25) is 0 Å². The molecule has 0 amide bonds. The second-order valence-electron chi connectivity index (χ2n) is 8.58. The van der Waals surface area contributed by atoms with Crippen LogP contribution in [0.3, 0.4) is 0 Å². The third kappa shape index (κ3) is 4.86. The average Bonchev–Trinajstić information content (AvgIpc) is 2.84. The Labute approximate surface area is 209 Å². The Morgan fingerprint density at radius 3 is 1.71 bits per heavy atom. The summed E-state index contributed by atoms with van der Waals surface area (Å²) in [7, 11) is 0. The van der Waals surface area contributed by atoms with Crippen LogP contribution in [0.25, 0.3) is 0 Å². The molecule has 0 aromatic heterocycles. The highest BCUT2D eigenvalue weighted by atomic mass is 35.5. The Morgan fingerprint density at radius 1 is 0.800 bits per heavy atom. The predicted molar refractivity (Wildman–Crippen MR) is 136 cm³/mol. The third-order valence-electron chi connectivity index (χ3n) is 6.58. The number of aliphatic carboxylic acids is 2. The second kappa shape index (κ2) is 10.2. The molecule has 35 heavy (non-hydrogen) atoms. The topological polar surface area (TPSA) is 77.8 Å². The molecule has 0 spiro atoms. The van der Waals surface area contributed by atoms with Gasteiger partial charge in [-0.25, -0.2) is 9.59 Å². The number of rotatable bonds is 7. The molecule has 3 aromatic rings. The highest BCUT2D eigenvalue weighted by Crippen LogP contribution is 2.43. The zero-order valence-corrected chi connectivity index (χ0v) is 20.2. The van der Waals surface area contributed by atoms with E-state index in [0.717, 1.165) is 11.1 Å².